The quantitative estimate of drug-likeness (QED) is 0.262. The molecule has 0 heterocycles. The van der Waals surface area contributed by atoms with Gasteiger partial charge in [-0.05, 0) is 12.3 Å². The second-order valence-electron chi connectivity index (χ2n) is 5.48. The fourth-order valence-corrected chi connectivity index (χ4v) is 1.73. The largest absolute Gasteiger partial charge is 0.481 e. The van der Waals surface area contributed by atoms with Gasteiger partial charge in [-0.1, -0.05) is 13.8 Å². The number of nitrogens with two attached hydrogens (primary N) is 1. The Morgan fingerprint density at radius 2 is 1.52 bits per heavy atom. The van der Waals surface area contributed by atoms with Crippen LogP contribution < -0.4 is 16.4 Å². The average molecular weight is 333 g/mol. The Morgan fingerprint density at radius 1 is 1.00 bits per heavy atom. The summed E-state index contributed by atoms with van der Waals surface area (Å²) in [4.78, 5) is 45.1. The molecule has 0 aliphatic carbocycles. The van der Waals surface area contributed by atoms with Gasteiger partial charge in [0.2, 0.25) is 11.8 Å². The van der Waals surface area contributed by atoms with Crippen LogP contribution in [0.25, 0.3) is 0 Å². The smallest absolute Gasteiger partial charge is 0.326 e. The molecule has 10 heteroatoms. The first kappa shape index (κ1) is 20.8. The molecule has 7 N–H and O–H groups in total. The zero-order valence-corrected chi connectivity index (χ0v) is 13.0. The number of carbonyl (C=O) groups excluding carboxylic acids is 2. The number of carboxylic acids is 2. The summed E-state index contributed by atoms with van der Waals surface area (Å²) in [6.45, 7) is 2.92. The second kappa shape index (κ2) is 9.74. The van der Waals surface area contributed by atoms with Crippen molar-refractivity contribution >= 4 is 23.8 Å². The highest BCUT2D eigenvalue weighted by Gasteiger charge is 2.28. The van der Waals surface area contributed by atoms with Gasteiger partial charge in [0.25, 0.3) is 0 Å². The lowest BCUT2D eigenvalue weighted by Gasteiger charge is -2.21. The van der Waals surface area contributed by atoms with Gasteiger partial charge in [-0.3, -0.25) is 14.4 Å². The Hall–Kier alpha value is -2.20. The molecule has 132 valence electrons. The molecule has 0 aromatic heterocycles. The number of rotatable bonds is 10. The summed E-state index contributed by atoms with van der Waals surface area (Å²) in [6.07, 6.45) is -0.470. The number of aliphatic carboxylic acids is 2. The molecule has 0 spiro atoms. The molecule has 0 aliphatic rings. The van der Waals surface area contributed by atoms with Gasteiger partial charge in [-0.25, -0.2) is 4.79 Å². The summed E-state index contributed by atoms with van der Waals surface area (Å²) in [5.41, 5.74) is 5.64. The van der Waals surface area contributed by atoms with Gasteiger partial charge in [0, 0.05) is 0 Å². The molecular weight excluding hydrogens is 310 g/mol. The lowest BCUT2D eigenvalue weighted by Crippen LogP contribution is -2.56. The van der Waals surface area contributed by atoms with E-state index in [1.54, 1.807) is 0 Å². The topological polar surface area (TPSA) is 179 Å². The Morgan fingerprint density at radius 3 is 1.91 bits per heavy atom. The van der Waals surface area contributed by atoms with Crippen molar-refractivity contribution < 1.29 is 34.5 Å². The van der Waals surface area contributed by atoms with E-state index in [0.29, 0.717) is 6.42 Å². The first-order chi connectivity index (χ1) is 10.6. The summed E-state index contributed by atoms with van der Waals surface area (Å²) in [6, 6.07) is -3.97. The van der Waals surface area contributed by atoms with Crippen molar-refractivity contribution in [2.75, 3.05) is 6.61 Å². The van der Waals surface area contributed by atoms with Crippen LogP contribution in [0.2, 0.25) is 0 Å². The molecule has 2 amide bonds. The van der Waals surface area contributed by atoms with Crippen molar-refractivity contribution in [3.05, 3.63) is 0 Å². The van der Waals surface area contributed by atoms with Crippen molar-refractivity contribution in [3.8, 4) is 0 Å². The molecule has 0 saturated carbocycles. The van der Waals surface area contributed by atoms with Gasteiger partial charge < -0.3 is 31.7 Å². The third-order valence-electron chi connectivity index (χ3n) is 2.87. The highest BCUT2D eigenvalue weighted by Crippen LogP contribution is 2.03. The standard InChI is InChI=1S/C13H23N3O7/c1-6(2)3-7(14)11(20)16-9(5-17)12(21)15-8(13(22)23)4-10(18)19/h6-9,17H,3-5,14H2,1-2H3,(H,15,21)(H,16,20)(H,18,19)(H,22,23). The second-order valence-corrected chi connectivity index (χ2v) is 5.48. The molecule has 10 nitrogen and oxygen atoms in total. The van der Waals surface area contributed by atoms with Gasteiger partial charge >= 0.3 is 11.9 Å². The van der Waals surface area contributed by atoms with E-state index < -0.39 is 54.9 Å². The Kier molecular flexibility index (Phi) is 8.81. The molecule has 0 fully saturated rings. The van der Waals surface area contributed by atoms with E-state index in [0.717, 1.165) is 0 Å². The number of hydrogen-bond donors (Lipinski definition) is 6. The normalized spacial score (nSPS) is 14.7. The zero-order chi connectivity index (χ0) is 18.2. The molecule has 0 bridgehead atoms. The molecular formula is C13H23N3O7. The van der Waals surface area contributed by atoms with Crippen LogP contribution >= 0.6 is 0 Å². The van der Waals surface area contributed by atoms with Gasteiger partial charge in [0.1, 0.15) is 12.1 Å². The minimum absolute atomic E-state index is 0.143. The average Bonchev–Trinajstić information content (AvgIpc) is 2.41. The zero-order valence-electron chi connectivity index (χ0n) is 13.0. The monoisotopic (exact) mass is 333 g/mol. The molecule has 23 heavy (non-hydrogen) atoms. The molecule has 0 aromatic carbocycles. The van der Waals surface area contributed by atoms with Gasteiger partial charge in [0.15, 0.2) is 0 Å². The van der Waals surface area contributed by atoms with Crippen LogP contribution in [0, 0.1) is 5.92 Å². The maximum Gasteiger partial charge on any atom is 0.326 e. The third kappa shape index (κ3) is 8.12. The fraction of sp³-hybridized carbons (Fsp3) is 0.692. The minimum atomic E-state index is -1.67. The first-order valence-electron chi connectivity index (χ1n) is 7.00. The predicted octanol–water partition coefficient (Wildman–Crippen LogP) is -2.12. The molecule has 3 unspecified atom stereocenters. The highest BCUT2D eigenvalue weighted by molar-refractivity contribution is 5.92. The van der Waals surface area contributed by atoms with Crippen LogP contribution in [-0.2, 0) is 19.2 Å². The van der Waals surface area contributed by atoms with E-state index in [9.17, 15) is 19.2 Å². The van der Waals surface area contributed by atoms with E-state index in [4.69, 9.17) is 21.1 Å². The molecule has 0 saturated heterocycles. The summed E-state index contributed by atoms with van der Waals surface area (Å²) in [5, 5.41) is 30.8. The minimum Gasteiger partial charge on any atom is -0.481 e. The van der Waals surface area contributed by atoms with Crippen molar-refractivity contribution in [1.29, 1.82) is 0 Å². The summed E-state index contributed by atoms with van der Waals surface area (Å²) < 4.78 is 0. The summed E-state index contributed by atoms with van der Waals surface area (Å²) in [7, 11) is 0. The van der Waals surface area contributed by atoms with Gasteiger partial charge in [0.05, 0.1) is 19.1 Å². The summed E-state index contributed by atoms with van der Waals surface area (Å²) >= 11 is 0. The predicted molar refractivity (Wildman–Crippen MR) is 78.3 cm³/mol. The maximum absolute atomic E-state index is 11.9. The molecule has 0 radical (unpaired) electrons. The van der Waals surface area contributed by atoms with Crippen LogP contribution in [0.1, 0.15) is 26.7 Å². The lowest BCUT2D eigenvalue weighted by atomic mass is 10.0. The molecule has 0 aromatic rings. The Labute approximate surface area is 133 Å². The van der Waals surface area contributed by atoms with E-state index in [-0.39, 0.29) is 5.92 Å². The number of hydrogen-bond acceptors (Lipinski definition) is 6. The van der Waals surface area contributed by atoms with Crippen molar-refractivity contribution in [2.24, 2.45) is 11.7 Å². The third-order valence-corrected chi connectivity index (χ3v) is 2.87. The maximum atomic E-state index is 11.9. The molecule has 0 rings (SSSR count). The van der Waals surface area contributed by atoms with Gasteiger partial charge in [-0.15, -0.1) is 0 Å². The first-order valence-corrected chi connectivity index (χ1v) is 7.00. The number of amides is 2. The van der Waals surface area contributed by atoms with Crippen LogP contribution in [-0.4, -0.2) is 63.8 Å². The van der Waals surface area contributed by atoms with Crippen molar-refractivity contribution in [3.63, 3.8) is 0 Å². The van der Waals surface area contributed by atoms with E-state index in [1.807, 2.05) is 19.2 Å². The van der Waals surface area contributed by atoms with Crippen LogP contribution in [0.4, 0.5) is 0 Å². The number of aliphatic hydroxyl groups is 1. The summed E-state index contributed by atoms with van der Waals surface area (Å²) in [5.74, 6) is -4.49. The van der Waals surface area contributed by atoms with Crippen molar-refractivity contribution in [2.45, 2.75) is 44.8 Å². The highest BCUT2D eigenvalue weighted by atomic mass is 16.4. The SMILES string of the molecule is CC(C)CC(N)C(=O)NC(CO)C(=O)NC(CC(=O)O)C(=O)O. The van der Waals surface area contributed by atoms with E-state index in [2.05, 4.69) is 5.32 Å². The number of carboxylic acid groups (broad SMARTS) is 2. The van der Waals surface area contributed by atoms with Crippen LogP contribution in [0.3, 0.4) is 0 Å². The Bertz CT molecular complexity index is 453. The van der Waals surface area contributed by atoms with Crippen LogP contribution in [0.15, 0.2) is 0 Å². The van der Waals surface area contributed by atoms with Crippen LogP contribution in [0.5, 0.6) is 0 Å². The molecule has 0 aliphatic heterocycles. The van der Waals surface area contributed by atoms with E-state index >= 15 is 0 Å². The van der Waals surface area contributed by atoms with E-state index in [1.165, 1.54) is 0 Å². The fourth-order valence-electron chi connectivity index (χ4n) is 1.73. The Balaban J connectivity index is 4.75. The number of nitrogens with one attached hydrogen (secondary N) is 2. The lowest BCUT2D eigenvalue weighted by molar-refractivity contribution is -0.147. The molecule has 3 atom stereocenters. The number of aliphatic hydroxyl groups excluding tert-OH is 1. The number of carbonyl (C=O) groups is 4. The van der Waals surface area contributed by atoms with Gasteiger partial charge in [-0.2, -0.15) is 0 Å². The van der Waals surface area contributed by atoms with Crippen molar-refractivity contribution in [1.82, 2.24) is 10.6 Å².